The molecular formula is C16H15Cl4NO4S. The Hall–Kier alpha value is -0.340. The van der Waals surface area contributed by atoms with Gasteiger partial charge in [0.15, 0.2) is 0 Å². The number of Topliss-reactive ketones (excluding diaryl/α,β-unsaturated/α-hetero) is 1. The Balaban J connectivity index is 1.92. The zero-order valence-corrected chi connectivity index (χ0v) is 17.6. The lowest BCUT2D eigenvalue weighted by molar-refractivity contribution is -0.155. The van der Waals surface area contributed by atoms with Crippen molar-refractivity contribution in [2.24, 2.45) is 0 Å². The molecule has 5 nitrogen and oxygen atoms in total. The number of nitrogens with one attached hydrogen (secondary N) is 1. The van der Waals surface area contributed by atoms with Gasteiger partial charge in [0.2, 0.25) is 24.5 Å². The van der Waals surface area contributed by atoms with Crippen LogP contribution in [0.2, 0.25) is 0 Å². The summed E-state index contributed by atoms with van der Waals surface area (Å²) in [5, 5.41) is 0. The number of aryl methyl sites for hydroxylation is 1. The molecule has 2 aliphatic heterocycles. The molecule has 0 amide bonds. The second-order valence-corrected chi connectivity index (χ2v) is 11.0. The number of ketones is 1. The normalized spacial score (nSPS) is 32.0. The number of ether oxygens (including phenoxy) is 1. The van der Waals surface area contributed by atoms with Crippen molar-refractivity contribution >= 4 is 62.2 Å². The molecule has 142 valence electrons. The molecule has 1 fully saturated rings. The zero-order valence-electron chi connectivity index (χ0n) is 13.7. The summed E-state index contributed by atoms with van der Waals surface area (Å²) in [7, 11) is -3.88. The first-order chi connectivity index (χ1) is 11.8. The fourth-order valence-electron chi connectivity index (χ4n) is 2.90. The van der Waals surface area contributed by atoms with Crippen LogP contribution in [0.25, 0.3) is 0 Å². The van der Waals surface area contributed by atoms with Gasteiger partial charge in [0.1, 0.15) is 11.2 Å². The van der Waals surface area contributed by atoms with Crippen molar-refractivity contribution in [3.8, 4) is 0 Å². The van der Waals surface area contributed by atoms with Crippen molar-refractivity contribution in [1.82, 2.24) is 4.72 Å². The molecule has 2 atom stereocenters. The average molecular weight is 459 g/mol. The van der Waals surface area contributed by atoms with E-state index < -0.39 is 35.7 Å². The van der Waals surface area contributed by atoms with Crippen LogP contribution in [0.4, 0.5) is 0 Å². The second-order valence-electron chi connectivity index (χ2n) is 6.55. The highest BCUT2D eigenvalue weighted by Crippen LogP contribution is 2.59. The third kappa shape index (κ3) is 2.82. The molecule has 3 rings (SSSR count). The minimum absolute atomic E-state index is 0.0603. The molecule has 2 heterocycles. The molecule has 1 N–H and O–H groups in total. The van der Waals surface area contributed by atoms with Gasteiger partial charge in [-0.1, -0.05) is 70.2 Å². The van der Waals surface area contributed by atoms with Crippen LogP contribution < -0.4 is 4.72 Å². The lowest BCUT2D eigenvalue weighted by atomic mass is 9.89. The summed E-state index contributed by atoms with van der Waals surface area (Å²) in [6.07, 6.45) is 2.90. The van der Waals surface area contributed by atoms with Gasteiger partial charge < -0.3 is 4.74 Å². The van der Waals surface area contributed by atoms with Crippen molar-refractivity contribution in [2.75, 3.05) is 6.54 Å². The molecule has 2 unspecified atom stereocenters. The molecule has 2 aliphatic rings. The molecule has 1 aromatic rings. The fourth-order valence-corrected chi connectivity index (χ4v) is 5.27. The Morgan fingerprint density at radius 1 is 1.04 bits per heavy atom. The van der Waals surface area contributed by atoms with Gasteiger partial charge in [-0.05, 0) is 32.1 Å². The van der Waals surface area contributed by atoms with Gasteiger partial charge in [0.25, 0.3) is 0 Å². The van der Waals surface area contributed by atoms with Crippen LogP contribution in [0.1, 0.15) is 12.5 Å². The number of alkyl halides is 4. The Kier molecular flexibility index (Phi) is 4.77. The maximum atomic E-state index is 12.6. The van der Waals surface area contributed by atoms with E-state index >= 15 is 0 Å². The van der Waals surface area contributed by atoms with Crippen molar-refractivity contribution in [2.45, 2.75) is 38.6 Å². The van der Waals surface area contributed by atoms with Gasteiger partial charge in [-0.2, -0.15) is 0 Å². The monoisotopic (exact) mass is 457 g/mol. The van der Waals surface area contributed by atoms with Gasteiger partial charge in [-0.15, -0.1) is 0 Å². The molecule has 0 spiro atoms. The van der Waals surface area contributed by atoms with Gasteiger partial charge >= 0.3 is 0 Å². The molecule has 10 heteroatoms. The van der Waals surface area contributed by atoms with E-state index in [4.69, 9.17) is 51.1 Å². The van der Waals surface area contributed by atoms with E-state index in [1.165, 1.54) is 31.2 Å². The lowest BCUT2D eigenvalue weighted by Crippen LogP contribution is -2.70. The summed E-state index contributed by atoms with van der Waals surface area (Å²) in [4.78, 5) is 12.7. The van der Waals surface area contributed by atoms with Crippen LogP contribution in [0.5, 0.6) is 0 Å². The van der Waals surface area contributed by atoms with E-state index in [0.29, 0.717) is 0 Å². The molecular weight excluding hydrogens is 444 g/mol. The smallest absolute Gasteiger partial charge is 0.240 e. The van der Waals surface area contributed by atoms with Crippen LogP contribution in [-0.2, 0) is 19.6 Å². The summed E-state index contributed by atoms with van der Waals surface area (Å²) >= 11 is 24.8. The van der Waals surface area contributed by atoms with E-state index in [-0.39, 0.29) is 11.4 Å². The number of carbonyl (C=O) groups is 1. The molecule has 0 aliphatic carbocycles. The highest BCUT2D eigenvalue weighted by molar-refractivity contribution is 7.89. The fraction of sp³-hybridized carbons (Fsp3) is 0.438. The molecule has 0 radical (unpaired) electrons. The SMILES string of the molecule is Cc1ccc(S(=O)(=O)NCC23C=CC(C)(O2)C(Cl)(Cl)C(=O)C3(Cl)Cl)cc1. The predicted octanol–water partition coefficient (Wildman–Crippen LogP) is 3.29. The number of carbonyl (C=O) groups excluding carboxylic acids is 1. The molecule has 2 bridgehead atoms. The standard InChI is InChI=1S/C16H15Cl4NO4S/c1-10-3-5-11(6-4-10)26(23,24)21-9-14-8-7-13(2,25-14)15(17,18)12(22)16(14,19)20/h3-8,21H,9H2,1-2H3. The van der Waals surface area contributed by atoms with Crippen LogP contribution in [-0.4, -0.2) is 40.6 Å². The third-order valence-corrected chi connectivity index (χ3v) is 8.14. The van der Waals surface area contributed by atoms with Crippen molar-refractivity contribution in [3.05, 3.63) is 42.0 Å². The quantitative estimate of drug-likeness (QED) is 0.555. The number of benzene rings is 1. The van der Waals surface area contributed by atoms with Gasteiger partial charge in [-0.3, -0.25) is 4.79 Å². The van der Waals surface area contributed by atoms with Crippen LogP contribution in [0.3, 0.4) is 0 Å². The van der Waals surface area contributed by atoms with E-state index in [2.05, 4.69) is 4.72 Å². The average Bonchev–Trinajstić information content (AvgIpc) is 2.91. The lowest BCUT2D eigenvalue weighted by Gasteiger charge is -2.50. The molecule has 0 saturated carbocycles. The summed E-state index contributed by atoms with van der Waals surface area (Å²) in [5.41, 5.74) is -2.12. The summed E-state index contributed by atoms with van der Waals surface area (Å²) < 4.78 is 29.1. The Bertz CT molecular complexity index is 897. The van der Waals surface area contributed by atoms with Gasteiger partial charge in [0.05, 0.1) is 4.90 Å². The van der Waals surface area contributed by atoms with E-state index in [1.807, 2.05) is 6.92 Å². The van der Waals surface area contributed by atoms with Crippen LogP contribution in [0.15, 0.2) is 41.3 Å². The minimum atomic E-state index is -3.88. The summed E-state index contributed by atoms with van der Waals surface area (Å²) in [6, 6.07) is 6.27. The Morgan fingerprint density at radius 3 is 2.19 bits per heavy atom. The Labute approximate surface area is 171 Å². The zero-order chi connectivity index (χ0) is 19.6. The summed E-state index contributed by atoms with van der Waals surface area (Å²) in [5.74, 6) is -0.870. The first-order valence-electron chi connectivity index (χ1n) is 7.55. The highest BCUT2D eigenvalue weighted by atomic mass is 35.5. The van der Waals surface area contributed by atoms with Gasteiger partial charge in [-0.25, -0.2) is 13.1 Å². The highest BCUT2D eigenvalue weighted by Gasteiger charge is 2.73. The number of hydrogen-bond acceptors (Lipinski definition) is 4. The number of sulfonamides is 1. The number of fused-ring (bicyclic) bond motifs is 2. The van der Waals surface area contributed by atoms with E-state index in [9.17, 15) is 13.2 Å². The van der Waals surface area contributed by atoms with Crippen molar-refractivity contribution in [1.29, 1.82) is 0 Å². The molecule has 26 heavy (non-hydrogen) atoms. The number of rotatable bonds is 4. The first-order valence-corrected chi connectivity index (χ1v) is 10.5. The topological polar surface area (TPSA) is 72.5 Å². The maximum Gasteiger partial charge on any atom is 0.240 e. The van der Waals surface area contributed by atoms with Crippen molar-refractivity contribution < 1.29 is 17.9 Å². The number of hydrogen-bond donors (Lipinski definition) is 1. The molecule has 1 aromatic carbocycles. The second kappa shape index (κ2) is 6.08. The Morgan fingerprint density at radius 2 is 1.62 bits per heavy atom. The van der Waals surface area contributed by atoms with Crippen molar-refractivity contribution in [3.63, 3.8) is 0 Å². The van der Waals surface area contributed by atoms with E-state index in [1.54, 1.807) is 12.1 Å². The van der Waals surface area contributed by atoms with Gasteiger partial charge in [0, 0.05) is 6.54 Å². The number of halogens is 4. The van der Waals surface area contributed by atoms with Crippen LogP contribution in [0, 0.1) is 6.92 Å². The first kappa shape index (κ1) is 20.4. The molecule has 1 saturated heterocycles. The van der Waals surface area contributed by atoms with Crippen LogP contribution >= 0.6 is 46.4 Å². The predicted molar refractivity (Wildman–Crippen MR) is 102 cm³/mol. The summed E-state index contributed by atoms with van der Waals surface area (Å²) in [6.45, 7) is 2.97. The maximum absolute atomic E-state index is 12.6. The minimum Gasteiger partial charge on any atom is -0.352 e. The largest absolute Gasteiger partial charge is 0.352 e. The van der Waals surface area contributed by atoms with E-state index in [0.717, 1.165) is 5.56 Å². The third-order valence-electron chi connectivity index (χ3n) is 4.65. The molecule has 0 aromatic heterocycles.